The van der Waals surface area contributed by atoms with Crippen molar-refractivity contribution in [3.8, 4) is 0 Å². The van der Waals surface area contributed by atoms with E-state index in [1.807, 2.05) is 18.5 Å². The van der Waals surface area contributed by atoms with Gasteiger partial charge in [-0.25, -0.2) is 0 Å². The number of benzene rings is 1. The number of aromatic nitrogens is 1. The Kier molecular flexibility index (Phi) is 4.21. The lowest BCUT2D eigenvalue weighted by atomic mass is 10.1. The predicted octanol–water partition coefficient (Wildman–Crippen LogP) is 3.68. The molecule has 96 valence electrons. The molecule has 2 nitrogen and oxygen atoms in total. The number of hydrogen-bond acceptors (Lipinski definition) is 1. The second kappa shape index (κ2) is 5.87. The number of rotatable bonds is 5. The summed E-state index contributed by atoms with van der Waals surface area (Å²) in [6.45, 7) is 5.06. The Bertz CT molecular complexity index is 501. The fourth-order valence-corrected chi connectivity index (χ4v) is 2.22. The second-order valence-corrected chi connectivity index (χ2v) is 4.91. The van der Waals surface area contributed by atoms with Crippen LogP contribution in [0.1, 0.15) is 42.6 Å². The zero-order valence-electron chi connectivity index (χ0n) is 11.1. The Balaban J connectivity index is 2.06. The Morgan fingerprint density at radius 3 is 2.83 bits per heavy atom. The molecule has 0 saturated heterocycles. The number of nitrogens with zero attached hydrogens (tertiary/aromatic N) is 1. The molecule has 0 aliphatic carbocycles. The molecule has 1 unspecified atom stereocenters. The van der Waals surface area contributed by atoms with E-state index in [0.29, 0.717) is 0 Å². The zero-order valence-corrected chi connectivity index (χ0v) is 11.1. The van der Waals surface area contributed by atoms with E-state index in [4.69, 9.17) is 0 Å². The van der Waals surface area contributed by atoms with Crippen LogP contribution < -0.4 is 0 Å². The largest absolute Gasteiger partial charge is 0.388 e. The molecule has 0 bridgehead atoms. The first-order valence-electron chi connectivity index (χ1n) is 6.58. The van der Waals surface area contributed by atoms with E-state index in [-0.39, 0.29) is 6.10 Å². The summed E-state index contributed by atoms with van der Waals surface area (Å²) in [5.41, 5.74) is 3.59. The average Bonchev–Trinajstić information content (AvgIpc) is 2.78. The summed E-state index contributed by atoms with van der Waals surface area (Å²) in [6, 6.07) is 10.5. The van der Waals surface area contributed by atoms with Gasteiger partial charge in [0.25, 0.3) is 0 Å². The molecule has 1 heterocycles. The summed E-state index contributed by atoms with van der Waals surface area (Å²) >= 11 is 0. The van der Waals surface area contributed by atoms with Crippen molar-refractivity contribution in [2.75, 3.05) is 0 Å². The summed E-state index contributed by atoms with van der Waals surface area (Å²) in [7, 11) is 0. The molecule has 0 radical (unpaired) electrons. The van der Waals surface area contributed by atoms with Crippen LogP contribution in [0.3, 0.4) is 0 Å². The fourth-order valence-electron chi connectivity index (χ4n) is 2.22. The smallest absolute Gasteiger partial charge is 0.0804 e. The molecular weight excluding hydrogens is 222 g/mol. The molecule has 1 aromatic heterocycles. The average molecular weight is 243 g/mol. The van der Waals surface area contributed by atoms with Crippen LogP contribution in [0, 0.1) is 6.92 Å². The normalized spacial score (nSPS) is 12.6. The van der Waals surface area contributed by atoms with E-state index < -0.39 is 0 Å². The molecule has 1 atom stereocenters. The zero-order chi connectivity index (χ0) is 13.0. The van der Waals surface area contributed by atoms with Crippen molar-refractivity contribution in [1.29, 1.82) is 0 Å². The van der Waals surface area contributed by atoms with E-state index >= 15 is 0 Å². The van der Waals surface area contributed by atoms with Crippen LogP contribution >= 0.6 is 0 Å². The SMILES string of the molecule is CCCC(O)c1ccn(Cc2cccc(C)c2)c1. The summed E-state index contributed by atoms with van der Waals surface area (Å²) in [5, 5.41) is 9.93. The van der Waals surface area contributed by atoms with E-state index in [1.165, 1.54) is 11.1 Å². The fraction of sp³-hybridized carbons (Fsp3) is 0.375. The lowest BCUT2D eigenvalue weighted by Crippen LogP contribution is -1.98. The molecule has 2 aromatic rings. The minimum atomic E-state index is -0.325. The highest BCUT2D eigenvalue weighted by molar-refractivity contribution is 5.23. The van der Waals surface area contributed by atoms with Gasteiger partial charge in [0.1, 0.15) is 0 Å². The summed E-state index contributed by atoms with van der Waals surface area (Å²) in [5.74, 6) is 0. The maximum absolute atomic E-state index is 9.93. The van der Waals surface area contributed by atoms with Gasteiger partial charge >= 0.3 is 0 Å². The van der Waals surface area contributed by atoms with Gasteiger partial charge < -0.3 is 9.67 Å². The topological polar surface area (TPSA) is 25.2 Å². The van der Waals surface area contributed by atoms with Crippen LogP contribution in [0.25, 0.3) is 0 Å². The summed E-state index contributed by atoms with van der Waals surface area (Å²) in [4.78, 5) is 0. The van der Waals surface area contributed by atoms with E-state index in [2.05, 4.69) is 42.7 Å². The van der Waals surface area contributed by atoms with Crippen LogP contribution in [0.4, 0.5) is 0 Å². The third kappa shape index (κ3) is 3.23. The lowest BCUT2D eigenvalue weighted by molar-refractivity contribution is 0.166. The van der Waals surface area contributed by atoms with Gasteiger partial charge in [-0.15, -0.1) is 0 Å². The lowest BCUT2D eigenvalue weighted by Gasteiger charge is -2.07. The van der Waals surface area contributed by atoms with Crippen molar-refractivity contribution in [1.82, 2.24) is 4.57 Å². The monoisotopic (exact) mass is 243 g/mol. The molecular formula is C16H21NO. The first-order valence-corrected chi connectivity index (χ1v) is 6.58. The van der Waals surface area contributed by atoms with Crippen LogP contribution in [-0.4, -0.2) is 9.67 Å². The third-order valence-electron chi connectivity index (χ3n) is 3.17. The van der Waals surface area contributed by atoms with Gasteiger partial charge in [0.2, 0.25) is 0 Å². The Hall–Kier alpha value is -1.54. The second-order valence-electron chi connectivity index (χ2n) is 4.91. The molecule has 0 amide bonds. The Morgan fingerprint density at radius 1 is 1.28 bits per heavy atom. The molecule has 2 heteroatoms. The minimum absolute atomic E-state index is 0.325. The van der Waals surface area contributed by atoms with Gasteiger partial charge in [-0.2, -0.15) is 0 Å². The summed E-state index contributed by atoms with van der Waals surface area (Å²) in [6.07, 6.45) is 5.59. The third-order valence-corrected chi connectivity index (χ3v) is 3.17. The molecule has 0 aliphatic rings. The molecule has 0 aliphatic heterocycles. The van der Waals surface area contributed by atoms with Crippen molar-refractivity contribution in [3.63, 3.8) is 0 Å². The van der Waals surface area contributed by atoms with Gasteiger partial charge in [0.15, 0.2) is 0 Å². The highest BCUT2D eigenvalue weighted by Gasteiger charge is 2.07. The first-order chi connectivity index (χ1) is 8.69. The minimum Gasteiger partial charge on any atom is -0.388 e. The van der Waals surface area contributed by atoms with Gasteiger partial charge in [-0.1, -0.05) is 43.2 Å². The van der Waals surface area contributed by atoms with E-state index in [0.717, 1.165) is 24.9 Å². The molecule has 0 fully saturated rings. The Labute approximate surface area is 109 Å². The van der Waals surface area contributed by atoms with Gasteiger partial charge in [0, 0.05) is 18.9 Å². The van der Waals surface area contributed by atoms with Gasteiger partial charge in [-0.05, 0) is 30.5 Å². The van der Waals surface area contributed by atoms with Crippen LogP contribution in [0.2, 0.25) is 0 Å². The summed E-state index contributed by atoms with van der Waals surface area (Å²) < 4.78 is 2.13. The molecule has 0 saturated carbocycles. The quantitative estimate of drug-likeness (QED) is 0.851. The number of aliphatic hydroxyl groups is 1. The van der Waals surface area contributed by atoms with Crippen LogP contribution in [-0.2, 0) is 6.54 Å². The molecule has 18 heavy (non-hydrogen) atoms. The maximum atomic E-state index is 9.93. The van der Waals surface area contributed by atoms with Gasteiger partial charge in [0.05, 0.1) is 6.10 Å². The predicted molar refractivity (Wildman–Crippen MR) is 74.6 cm³/mol. The standard InChI is InChI=1S/C16H21NO/c1-3-5-16(18)15-8-9-17(12-15)11-14-7-4-6-13(2)10-14/h4,6-10,12,16,18H,3,5,11H2,1-2H3. The van der Waals surface area contributed by atoms with E-state index in [9.17, 15) is 5.11 Å². The van der Waals surface area contributed by atoms with Crippen molar-refractivity contribution in [3.05, 3.63) is 59.4 Å². The molecule has 2 rings (SSSR count). The highest BCUT2D eigenvalue weighted by atomic mass is 16.3. The van der Waals surface area contributed by atoms with Gasteiger partial charge in [-0.3, -0.25) is 0 Å². The molecule has 1 N–H and O–H groups in total. The number of aliphatic hydroxyl groups excluding tert-OH is 1. The van der Waals surface area contributed by atoms with Crippen molar-refractivity contribution >= 4 is 0 Å². The van der Waals surface area contributed by atoms with Crippen LogP contribution in [0.5, 0.6) is 0 Å². The Morgan fingerprint density at radius 2 is 2.11 bits per heavy atom. The number of hydrogen-bond donors (Lipinski definition) is 1. The maximum Gasteiger partial charge on any atom is 0.0804 e. The highest BCUT2D eigenvalue weighted by Crippen LogP contribution is 2.19. The van der Waals surface area contributed by atoms with Crippen molar-refractivity contribution < 1.29 is 5.11 Å². The first kappa shape index (κ1) is 12.9. The number of aryl methyl sites for hydroxylation is 1. The van der Waals surface area contributed by atoms with Crippen molar-refractivity contribution in [2.45, 2.75) is 39.3 Å². The van der Waals surface area contributed by atoms with Crippen molar-refractivity contribution in [2.24, 2.45) is 0 Å². The molecule has 0 spiro atoms. The van der Waals surface area contributed by atoms with Crippen LogP contribution in [0.15, 0.2) is 42.7 Å². The molecule has 1 aromatic carbocycles. The van der Waals surface area contributed by atoms with E-state index in [1.54, 1.807) is 0 Å².